The summed E-state index contributed by atoms with van der Waals surface area (Å²) >= 11 is 16.3. The molecule has 0 aliphatic carbocycles. The van der Waals surface area contributed by atoms with Gasteiger partial charge in [-0.25, -0.2) is 0 Å². The number of rotatable bonds is 3. The van der Waals surface area contributed by atoms with Crippen molar-refractivity contribution in [2.75, 3.05) is 5.32 Å². The number of nitrogens with one attached hydrogen (secondary N) is 1. The number of nitrogens with two attached hydrogens (primary N) is 1. The molecule has 0 saturated carbocycles. The first kappa shape index (κ1) is 12.2. The first-order valence-electron chi connectivity index (χ1n) is 4.03. The number of hydrogen-bond acceptors (Lipinski definition) is 2. The molecule has 6 heteroatoms. The molecule has 0 fully saturated rings. The van der Waals surface area contributed by atoms with Crippen molar-refractivity contribution < 1.29 is 4.79 Å². The third-order valence-electron chi connectivity index (χ3n) is 1.56. The van der Waals surface area contributed by atoms with Crippen molar-refractivity contribution in [3.05, 3.63) is 28.2 Å². The van der Waals surface area contributed by atoms with Crippen LogP contribution in [0.25, 0.3) is 0 Å². The molecule has 15 heavy (non-hydrogen) atoms. The van der Waals surface area contributed by atoms with Crippen molar-refractivity contribution in [3.8, 4) is 0 Å². The van der Waals surface area contributed by atoms with Crippen LogP contribution < -0.4 is 11.1 Å². The fourth-order valence-electron chi connectivity index (χ4n) is 0.959. The molecule has 0 aliphatic rings. The van der Waals surface area contributed by atoms with Crippen molar-refractivity contribution in [1.29, 1.82) is 0 Å². The van der Waals surface area contributed by atoms with E-state index in [0.717, 1.165) is 0 Å². The number of para-hydroxylation sites is 1. The summed E-state index contributed by atoms with van der Waals surface area (Å²) in [5.74, 6) is -0.336. The van der Waals surface area contributed by atoms with Gasteiger partial charge in [-0.2, -0.15) is 0 Å². The standard InChI is InChI=1S/C9H8Cl2N2OS/c10-5-2-1-3-6(11)9(5)13-8(14)4-7(12)15/h1-3H,4H2,(H2,12,15)(H,13,14). The number of anilines is 1. The third-order valence-corrected chi connectivity index (χ3v) is 2.34. The molecule has 1 aromatic carbocycles. The molecule has 3 nitrogen and oxygen atoms in total. The van der Waals surface area contributed by atoms with E-state index in [1.165, 1.54) is 0 Å². The highest BCUT2D eigenvalue weighted by molar-refractivity contribution is 7.80. The van der Waals surface area contributed by atoms with Gasteiger partial charge in [0.25, 0.3) is 0 Å². The molecule has 0 spiro atoms. The van der Waals surface area contributed by atoms with Gasteiger partial charge >= 0.3 is 0 Å². The van der Waals surface area contributed by atoms with Gasteiger partial charge in [0, 0.05) is 0 Å². The predicted octanol–water partition coefficient (Wildman–Crippen LogP) is 2.61. The van der Waals surface area contributed by atoms with Crippen LogP contribution in [0, 0.1) is 0 Å². The number of thiocarbonyl (C=S) groups is 1. The number of amides is 1. The Morgan fingerprint density at radius 3 is 2.40 bits per heavy atom. The van der Waals surface area contributed by atoms with Gasteiger partial charge in [-0.05, 0) is 12.1 Å². The molecule has 0 heterocycles. The lowest BCUT2D eigenvalue weighted by Gasteiger charge is -2.08. The Bertz CT molecular complexity index is 389. The SMILES string of the molecule is NC(=S)CC(=O)Nc1c(Cl)cccc1Cl. The zero-order valence-corrected chi connectivity index (χ0v) is 9.92. The summed E-state index contributed by atoms with van der Waals surface area (Å²) in [5, 5.41) is 3.29. The van der Waals surface area contributed by atoms with Crippen LogP contribution in [0.2, 0.25) is 10.0 Å². The van der Waals surface area contributed by atoms with Gasteiger partial charge in [-0.15, -0.1) is 0 Å². The van der Waals surface area contributed by atoms with Gasteiger partial charge in [0.15, 0.2) is 0 Å². The topological polar surface area (TPSA) is 55.1 Å². The van der Waals surface area contributed by atoms with E-state index in [-0.39, 0.29) is 17.3 Å². The number of hydrogen-bond donors (Lipinski definition) is 2. The lowest BCUT2D eigenvalue weighted by molar-refractivity contribution is -0.115. The molecule has 80 valence electrons. The average Bonchev–Trinajstić information content (AvgIpc) is 2.10. The summed E-state index contributed by atoms with van der Waals surface area (Å²) in [4.78, 5) is 11.5. The summed E-state index contributed by atoms with van der Waals surface area (Å²) in [5.41, 5.74) is 5.60. The lowest BCUT2D eigenvalue weighted by Crippen LogP contribution is -2.20. The van der Waals surface area contributed by atoms with Crippen LogP contribution >= 0.6 is 35.4 Å². The van der Waals surface area contributed by atoms with Gasteiger partial charge in [0.2, 0.25) is 5.91 Å². The van der Waals surface area contributed by atoms with Gasteiger partial charge in [0.1, 0.15) is 0 Å². The Morgan fingerprint density at radius 2 is 1.93 bits per heavy atom. The number of halogens is 2. The van der Waals surface area contributed by atoms with Crippen molar-refractivity contribution in [3.63, 3.8) is 0 Å². The second-order valence-electron chi connectivity index (χ2n) is 2.79. The second kappa shape index (κ2) is 5.30. The van der Waals surface area contributed by atoms with Gasteiger partial charge in [0.05, 0.1) is 27.1 Å². The van der Waals surface area contributed by atoms with E-state index < -0.39 is 0 Å². The zero-order valence-electron chi connectivity index (χ0n) is 7.59. The number of benzene rings is 1. The van der Waals surface area contributed by atoms with Crippen LogP contribution in [-0.2, 0) is 4.79 Å². The summed E-state index contributed by atoms with van der Waals surface area (Å²) in [6.45, 7) is 0. The molecule has 1 rings (SSSR count). The first-order chi connectivity index (χ1) is 7.00. The van der Waals surface area contributed by atoms with E-state index in [1.807, 2.05) is 0 Å². The second-order valence-corrected chi connectivity index (χ2v) is 4.13. The predicted molar refractivity (Wildman–Crippen MR) is 66.5 cm³/mol. The smallest absolute Gasteiger partial charge is 0.231 e. The summed E-state index contributed by atoms with van der Waals surface area (Å²) in [7, 11) is 0. The van der Waals surface area contributed by atoms with Crippen molar-refractivity contribution >= 4 is 52.0 Å². The van der Waals surface area contributed by atoms with E-state index in [2.05, 4.69) is 17.5 Å². The lowest BCUT2D eigenvalue weighted by atomic mass is 10.3. The molecule has 3 N–H and O–H groups in total. The molecule has 0 atom stereocenters. The fraction of sp³-hybridized carbons (Fsp3) is 0.111. The van der Waals surface area contributed by atoms with E-state index in [1.54, 1.807) is 18.2 Å². The van der Waals surface area contributed by atoms with E-state index in [0.29, 0.717) is 15.7 Å². The van der Waals surface area contributed by atoms with Crippen LogP contribution in [0.15, 0.2) is 18.2 Å². The molecule has 0 saturated heterocycles. The van der Waals surface area contributed by atoms with Crippen LogP contribution in [0.5, 0.6) is 0 Å². The minimum Gasteiger partial charge on any atom is -0.393 e. The van der Waals surface area contributed by atoms with E-state index in [9.17, 15) is 4.79 Å². The molecule has 0 aromatic heterocycles. The Kier molecular flexibility index (Phi) is 4.32. The largest absolute Gasteiger partial charge is 0.393 e. The molecule has 0 aliphatic heterocycles. The number of carbonyl (C=O) groups is 1. The highest BCUT2D eigenvalue weighted by Crippen LogP contribution is 2.29. The molecule has 1 aromatic rings. The van der Waals surface area contributed by atoms with E-state index >= 15 is 0 Å². The zero-order chi connectivity index (χ0) is 11.4. The highest BCUT2D eigenvalue weighted by atomic mass is 35.5. The molecule has 0 unspecified atom stereocenters. The van der Waals surface area contributed by atoms with Crippen LogP contribution in [0.3, 0.4) is 0 Å². The maximum atomic E-state index is 11.3. The van der Waals surface area contributed by atoms with Crippen LogP contribution in [-0.4, -0.2) is 10.9 Å². The van der Waals surface area contributed by atoms with Crippen LogP contribution in [0.4, 0.5) is 5.69 Å². The molecule has 0 radical (unpaired) electrons. The fourth-order valence-corrected chi connectivity index (χ4v) is 1.58. The third kappa shape index (κ3) is 3.66. The minimum atomic E-state index is -0.336. The Balaban J connectivity index is 2.80. The summed E-state index contributed by atoms with van der Waals surface area (Å²) < 4.78 is 0. The van der Waals surface area contributed by atoms with Crippen molar-refractivity contribution in [2.24, 2.45) is 5.73 Å². The van der Waals surface area contributed by atoms with Crippen LogP contribution in [0.1, 0.15) is 6.42 Å². The first-order valence-corrected chi connectivity index (χ1v) is 5.19. The van der Waals surface area contributed by atoms with E-state index in [4.69, 9.17) is 28.9 Å². The summed E-state index contributed by atoms with van der Waals surface area (Å²) in [6.07, 6.45) is -0.0309. The van der Waals surface area contributed by atoms with Crippen molar-refractivity contribution in [2.45, 2.75) is 6.42 Å². The van der Waals surface area contributed by atoms with Gasteiger partial charge < -0.3 is 11.1 Å². The average molecular weight is 263 g/mol. The molecule has 1 amide bonds. The van der Waals surface area contributed by atoms with Gasteiger partial charge in [-0.3, -0.25) is 4.79 Å². The maximum absolute atomic E-state index is 11.3. The quantitative estimate of drug-likeness (QED) is 0.824. The highest BCUT2D eigenvalue weighted by Gasteiger charge is 2.09. The normalized spacial score (nSPS) is 9.73. The number of carbonyl (C=O) groups excluding carboxylic acids is 1. The monoisotopic (exact) mass is 262 g/mol. The molecular weight excluding hydrogens is 255 g/mol. The van der Waals surface area contributed by atoms with Crippen molar-refractivity contribution in [1.82, 2.24) is 0 Å². The van der Waals surface area contributed by atoms with Gasteiger partial charge in [-0.1, -0.05) is 41.5 Å². The Morgan fingerprint density at radius 1 is 1.40 bits per heavy atom. The Labute approximate surface area is 103 Å². The molecule has 0 bridgehead atoms. The Hall–Kier alpha value is -0.840. The maximum Gasteiger partial charge on any atom is 0.231 e. The molecular formula is C9H8Cl2N2OS. The summed E-state index contributed by atoms with van der Waals surface area (Å²) in [6, 6.07) is 4.95. The minimum absolute atomic E-state index is 0.0309.